The molecule has 8 heteroatoms. The van der Waals surface area contributed by atoms with Crippen molar-refractivity contribution in [3.63, 3.8) is 0 Å². The Labute approximate surface area is 194 Å². The van der Waals surface area contributed by atoms with E-state index in [0.29, 0.717) is 22.4 Å². The lowest BCUT2D eigenvalue weighted by atomic mass is 10.2. The molecule has 0 saturated carbocycles. The molecule has 30 heavy (non-hydrogen) atoms. The summed E-state index contributed by atoms with van der Waals surface area (Å²) in [5.74, 6) is 0.551. The van der Waals surface area contributed by atoms with Crippen molar-refractivity contribution in [2.24, 2.45) is 10.2 Å². The van der Waals surface area contributed by atoms with E-state index in [9.17, 15) is 4.79 Å². The van der Waals surface area contributed by atoms with Gasteiger partial charge in [0.15, 0.2) is 5.17 Å². The fourth-order valence-electron chi connectivity index (χ4n) is 2.68. The molecule has 150 valence electrons. The zero-order chi connectivity index (χ0) is 20.9. The van der Waals surface area contributed by atoms with E-state index in [1.807, 2.05) is 60.7 Å². The standard InChI is InChI=1S/C22H15Br2N3O2S/c23-17-7-3-15(4-8-17)12-20-21(28)27(14-19-2-1-11-29-19)22(30-20)26-25-13-16-5-9-18(24)10-6-16/h1-13H,14H2/b20-12-,25-13-,26-22+. The van der Waals surface area contributed by atoms with Gasteiger partial charge < -0.3 is 4.42 Å². The van der Waals surface area contributed by atoms with E-state index in [1.165, 1.54) is 11.8 Å². The van der Waals surface area contributed by atoms with Gasteiger partial charge in [0, 0.05) is 8.95 Å². The number of rotatable bonds is 5. The second-order valence-corrected chi connectivity index (χ2v) is 9.15. The van der Waals surface area contributed by atoms with E-state index in [-0.39, 0.29) is 5.91 Å². The van der Waals surface area contributed by atoms with Crippen molar-refractivity contribution in [3.8, 4) is 0 Å². The Morgan fingerprint density at radius 3 is 2.27 bits per heavy atom. The van der Waals surface area contributed by atoms with Crippen LogP contribution < -0.4 is 0 Å². The first-order chi connectivity index (χ1) is 14.6. The third-order valence-electron chi connectivity index (χ3n) is 4.17. The molecular weight excluding hydrogens is 530 g/mol. The largest absolute Gasteiger partial charge is 0.467 e. The second-order valence-electron chi connectivity index (χ2n) is 6.31. The highest BCUT2D eigenvalue weighted by molar-refractivity contribution is 9.10. The van der Waals surface area contributed by atoms with Crippen molar-refractivity contribution in [1.82, 2.24) is 4.90 Å². The van der Waals surface area contributed by atoms with Gasteiger partial charge >= 0.3 is 0 Å². The molecule has 0 unspecified atom stereocenters. The van der Waals surface area contributed by atoms with Gasteiger partial charge in [-0.15, -0.1) is 5.10 Å². The number of hydrogen-bond donors (Lipinski definition) is 0. The number of nitrogens with zero attached hydrogens (tertiary/aromatic N) is 3. The molecule has 0 aliphatic carbocycles. The Bertz CT molecular complexity index is 1120. The van der Waals surface area contributed by atoms with Crippen LogP contribution in [0.4, 0.5) is 0 Å². The number of thioether (sulfide) groups is 1. The molecule has 0 bridgehead atoms. The predicted octanol–water partition coefficient (Wildman–Crippen LogP) is 6.31. The summed E-state index contributed by atoms with van der Waals surface area (Å²) < 4.78 is 7.40. The highest BCUT2D eigenvalue weighted by Crippen LogP contribution is 2.34. The lowest BCUT2D eigenvalue weighted by Crippen LogP contribution is -2.28. The number of amidine groups is 1. The molecule has 0 atom stereocenters. The molecule has 1 amide bonds. The number of amides is 1. The molecule has 3 aromatic rings. The van der Waals surface area contributed by atoms with Crippen LogP contribution in [-0.2, 0) is 11.3 Å². The van der Waals surface area contributed by atoms with Gasteiger partial charge in [0.25, 0.3) is 5.91 Å². The lowest BCUT2D eigenvalue weighted by Gasteiger charge is -2.12. The quantitative estimate of drug-likeness (QED) is 0.215. The molecule has 5 nitrogen and oxygen atoms in total. The molecule has 1 aliphatic rings. The zero-order valence-corrected chi connectivity index (χ0v) is 19.5. The summed E-state index contributed by atoms with van der Waals surface area (Å²) in [6, 6.07) is 19.1. The Hall–Kier alpha value is -2.42. The molecule has 1 fully saturated rings. The number of hydrogen-bond acceptors (Lipinski definition) is 5. The molecule has 2 aromatic carbocycles. The topological polar surface area (TPSA) is 58.2 Å². The summed E-state index contributed by atoms with van der Waals surface area (Å²) in [5, 5.41) is 9.01. The smallest absolute Gasteiger partial charge is 0.267 e. The fourth-order valence-corrected chi connectivity index (χ4v) is 4.15. The molecule has 0 spiro atoms. The Balaban J connectivity index is 1.60. The number of carbonyl (C=O) groups excluding carboxylic acids is 1. The normalized spacial score (nSPS) is 17.0. The van der Waals surface area contributed by atoms with Gasteiger partial charge in [-0.2, -0.15) is 5.10 Å². The van der Waals surface area contributed by atoms with Crippen LogP contribution in [0.5, 0.6) is 0 Å². The first kappa shape index (κ1) is 20.8. The molecular formula is C22H15Br2N3O2S. The van der Waals surface area contributed by atoms with Crippen molar-refractivity contribution < 1.29 is 9.21 Å². The minimum Gasteiger partial charge on any atom is -0.467 e. The molecule has 1 saturated heterocycles. The lowest BCUT2D eigenvalue weighted by molar-refractivity contribution is -0.122. The summed E-state index contributed by atoms with van der Waals surface area (Å²) in [6.45, 7) is 0.295. The van der Waals surface area contributed by atoms with Gasteiger partial charge in [-0.05, 0) is 65.4 Å². The predicted molar refractivity (Wildman–Crippen MR) is 128 cm³/mol. The van der Waals surface area contributed by atoms with E-state index in [4.69, 9.17) is 4.42 Å². The summed E-state index contributed by atoms with van der Waals surface area (Å²) >= 11 is 8.13. The first-order valence-electron chi connectivity index (χ1n) is 8.94. The van der Waals surface area contributed by atoms with Gasteiger partial charge in [-0.3, -0.25) is 9.69 Å². The van der Waals surface area contributed by atoms with Crippen molar-refractivity contribution in [3.05, 3.63) is 97.7 Å². The van der Waals surface area contributed by atoms with Crippen molar-refractivity contribution in [2.75, 3.05) is 0 Å². The van der Waals surface area contributed by atoms with Gasteiger partial charge in [0.2, 0.25) is 0 Å². The Kier molecular flexibility index (Phi) is 6.66. The van der Waals surface area contributed by atoms with Crippen LogP contribution in [0, 0.1) is 0 Å². The maximum absolute atomic E-state index is 13.0. The maximum Gasteiger partial charge on any atom is 0.267 e. The fraction of sp³-hybridized carbons (Fsp3) is 0.0455. The highest BCUT2D eigenvalue weighted by Gasteiger charge is 2.34. The van der Waals surface area contributed by atoms with Crippen LogP contribution in [0.1, 0.15) is 16.9 Å². The van der Waals surface area contributed by atoms with Crippen molar-refractivity contribution >= 4 is 67.0 Å². The van der Waals surface area contributed by atoms with Gasteiger partial charge in [-0.1, -0.05) is 56.1 Å². The van der Waals surface area contributed by atoms with Crippen molar-refractivity contribution in [2.45, 2.75) is 6.54 Å². The van der Waals surface area contributed by atoms with Crippen LogP contribution in [0.25, 0.3) is 6.08 Å². The number of halogens is 2. The Morgan fingerprint density at radius 1 is 0.967 bits per heavy atom. The molecule has 1 aliphatic heterocycles. The molecule has 0 radical (unpaired) electrons. The third kappa shape index (κ3) is 5.19. The number of carbonyl (C=O) groups is 1. The Morgan fingerprint density at radius 2 is 1.63 bits per heavy atom. The van der Waals surface area contributed by atoms with E-state index in [0.717, 1.165) is 20.1 Å². The van der Waals surface area contributed by atoms with Crippen LogP contribution in [-0.4, -0.2) is 22.2 Å². The van der Waals surface area contributed by atoms with Crippen LogP contribution in [0.15, 0.2) is 95.4 Å². The molecule has 0 N–H and O–H groups in total. The SMILES string of the molecule is O=C1/C(=C/c2ccc(Br)cc2)S/C(=N/N=C\c2ccc(Br)cc2)N1Cc1ccco1. The van der Waals surface area contributed by atoms with Crippen LogP contribution in [0.2, 0.25) is 0 Å². The minimum absolute atomic E-state index is 0.128. The summed E-state index contributed by atoms with van der Waals surface area (Å²) in [6.07, 6.45) is 5.10. The minimum atomic E-state index is -0.128. The summed E-state index contributed by atoms with van der Waals surface area (Å²) in [4.78, 5) is 15.2. The first-order valence-corrected chi connectivity index (χ1v) is 11.3. The van der Waals surface area contributed by atoms with Crippen molar-refractivity contribution in [1.29, 1.82) is 0 Å². The monoisotopic (exact) mass is 543 g/mol. The van der Waals surface area contributed by atoms with E-state index < -0.39 is 0 Å². The summed E-state index contributed by atoms with van der Waals surface area (Å²) in [7, 11) is 0. The number of benzene rings is 2. The third-order valence-corrected chi connectivity index (χ3v) is 6.22. The van der Waals surface area contributed by atoms with Crippen LogP contribution >= 0.6 is 43.6 Å². The van der Waals surface area contributed by atoms with E-state index in [1.54, 1.807) is 23.4 Å². The van der Waals surface area contributed by atoms with Gasteiger partial charge in [0.05, 0.1) is 23.9 Å². The average molecular weight is 545 g/mol. The molecule has 1 aromatic heterocycles. The average Bonchev–Trinajstić information content (AvgIpc) is 3.35. The summed E-state index contributed by atoms with van der Waals surface area (Å²) in [5.41, 5.74) is 1.85. The molecule has 2 heterocycles. The maximum atomic E-state index is 13.0. The van der Waals surface area contributed by atoms with Gasteiger partial charge in [0.1, 0.15) is 5.76 Å². The van der Waals surface area contributed by atoms with Gasteiger partial charge in [-0.25, -0.2) is 0 Å². The molecule has 4 rings (SSSR count). The highest BCUT2D eigenvalue weighted by atomic mass is 79.9. The zero-order valence-electron chi connectivity index (χ0n) is 15.5. The van der Waals surface area contributed by atoms with E-state index >= 15 is 0 Å². The van der Waals surface area contributed by atoms with Crippen LogP contribution in [0.3, 0.4) is 0 Å². The number of furan rings is 1. The second kappa shape index (κ2) is 9.59. The van der Waals surface area contributed by atoms with E-state index in [2.05, 4.69) is 42.1 Å².